The molecule has 0 bridgehead atoms. The Hall–Kier alpha value is -2.43. The first kappa shape index (κ1) is 22.3. The van der Waals surface area contributed by atoms with Crippen molar-refractivity contribution >= 4 is 11.4 Å². The summed E-state index contributed by atoms with van der Waals surface area (Å²) >= 11 is 0. The van der Waals surface area contributed by atoms with Crippen LogP contribution in [-0.4, -0.2) is 13.6 Å². The number of anilines is 2. The van der Waals surface area contributed by atoms with Crippen molar-refractivity contribution < 1.29 is 39.5 Å². The fraction of sp³-hybridized carbons (Fsp3) is 0.368. The minimum atomic E-state index is -5.44. The summed E-state index contributed by atoms with van der Waals surface area (Å²) in [5.41, 5.74) is -5.84. The van der Waals surface area contributed by atoms with Gasteiger partial charge in [0.2, 0.25) is 0 Å². The van der Waals surface area contributed by atoms with Crippen LogP contribution >= 0.6 is 0 Å². The molecule has 0 aliphatic carbocycles. The third-order valence-electron chi connectivity index (χ3n) is 4.85. The Bertz CT molecular complexity index is 907. The average Bonchev–Trinajstić information content (AvgIpc) is 2.63. The van der Waals surface area contributed by atoms with Crippen molar-refractivity contribution in [2.75, 3.05) is 18.5 Å². The molecular formula is C19H15F9N2. The fourth-order valence-corrected chi connectivity index (χ4v) is 3.40. The highest BCUT2D eigenvalue weighted by Gasteiger charge is 2.46. The van der Waals surface area contributed by atoms with Gasteiger partial charge in [0.05, 0.1) is 22.4 Å². The molecule has 0 spiro atoms. The summed E-state index contributed by atoms with van der Waals surface area (Å²) in [7, 11) is 0.963. The van der Waals surface area contributed by atoms with Gasteiger partial charge >= 0.3 is 18.5 Å². The average molecular weight is 442 g/mol. The monoisotopic (exact) mass is 442 g/mol. The number of halogens is 9. The van der Waals surface area contributed by atoms with E-state index in [1.54, 1.807) is 6.07 Å². The molecule has 11 heteroatoms. The van der Waals surface area contributed by atoms with E-state index in [2.05, 4.69) is 5.32 Å². The fourth-order valence-electron chi connectivity index (χ4n) is 3.40. The summed E-state index contributed by atoms with van der Waals surface area (Å²) in [6.45, 7) is 1.06. The predicted octanol–water partition coefficient (Wildman–Crippen LogP) is 6.16. The molecule has 1 N–H and O–H groups in total. The van der Waals surface area contributed by atoms with Crippen molar-refractivity contribution in [3.05, 3.63) is 58.1 Å². The van der Waals surface area contributed by atoms with Crippen LogP contribution < -0.4 is 10.2 Å². The van der Waals surface area contributed by atoms with Crippen molar-refractivity contribution in [1.29, 1.82) is 0 Å². The van der Waals surface area contributed by atoms with Crippen LogP contribution in [0.3, 0.4) is 0 Å². The lowest BCUT2D eigenvalue weighted by Gasteiger charge is -2.29. The molecule has 0 saturated heterocycles. The standard InChI is InChI=1S/C19H15F9N2/c1-30(13-3-2-10-4-5-29-9-11(10)6-13)16-14(18(23,24)25)7-12(17(20,21)22)8-15(16)19(26,27)28/h2-3,6-8,29H,4-5,9H2,1H3. The van der Waals surface area contributed by atoms with Crippen LogP contribution in [-0.2, 0) is 31.5 Å². The summed E-state index contributed by atoms with van der Waals surface area (Å²) in [6, 6.07) is 3.79. The molecule has 30 heavy (non-hydrogen) atoms. The van der Waals surface area contributed by atoms with Gasteiger partial charge in [-0.15, -0.1) is 0 Å². The molecule has 1 aliphatic rings. The summed E-state index contributed by atoms with van der Waals surface area (Å²) < 4.78 is 120. The van der Waals surface area contributed by atoms with Gasteiger partial charge in [0.25, 0.3) is 0 Å². The van der Waals surface area contributed by atoms with Crippen LogP contribution in [0.5, 0.6) is 0 Å². The van der Waals surface area contributed by atoms with Crippen LogP contribution in [0, 0.1) is 0 Å². The second kappa shape index (κ2) is 7.36. The largest absolute Gasteiger partial charge is 0.418 e. The molecule has 0 saturated carbocycles. The van der Waals surface area contributed by atoms with E-state index in [0.29, 0.717) is 30.0 Å². The van der Waals surface area contributed by atoms with E-state index in [9.17, 15) is 39.5 Å². The molecule has 1 aliphatic heterocycles. The molecule has 0 radical (unpaired) electrons. The Balaban J connectivity index is 2.26. The summed E-state index contributed by atoms with van der Waals surface area (Å²) in [5.74, 6) is 0. The quantitative estimate of drug-likeness (QED) is 0.561. The normalized spacial score (nSPS) is 15.1. The number of rotatable bonds is 2. The molecule has 0 amide bonds. The van der Waals surface area contributed by atoms with Gasteiger partial charge in [-0.1, -0.05) is 6.07 Å². The summed E-state index contributed by atoms with van der Waals surface area (Å²) in [5, 5.41) is 3.04. The van der Waals surface area contributed by atoms with Gasteiger partial charge in [0.1, 0.15) is 0 Å². The van der Waals surface area contributed by atoms with E-state index in [-0.39, 0.29) is 17.8 Å². The zero-order chi connectivity index (χ0) is 22.5. The summed E-state index contributed by atoms with van der Waals surface area (Å²) in [4.78, 5) is 0.626. The van der Waals surface area contributed by atoms with Crippen molar-refractivity contribution in [3.63, 3.8) is 0 Å². The van der Waals surface area contributed by atoms with Crippen LogP contribution in [0.15, 0.2) is 30.3 Å². The van der Waals surface area contributed by atoms with E-state index in [4.69, 9.17) is 0 Å². The predicted molar refractivity (Wildman–Crippen MR) is 91.4 cm³/mol. The third-order valence-corrected chi connectivity index (χ3v) is 4.85. The van der Waals surface area contributed by atoms with Crippen LogP contribution in [0.25, 0.3) is 0 Å². The highest BCUT2D eigenvalue weighted by atomic mass is 19.4. The number of hydrogen-bond donors (Lipinski definition) is 1. The molecule has 2 aromatic rings. The first-order chi connectivity index (χ1) is 13.7. The Morgan fingerprint density at radius 3 is 1.83 bits per heavy atom. The van der Waals surface area contributed by atoms with Crippen LogP contribution in [0.4, 0.5) is 50.9 Å². The van der Waals surface area contributed by atoms with Crippen LogP contribution in [0.1, 0.15) is 27.8 Å². The van der Waals surface area contributed by atoms with Gasteiger partial charge in [-0.05, 0) is 48.4 Å². The molecule has 2 nitrogen and oxygen atoms in total. The molecule has 1 heterocycles. The zero-order valence-corrected chi connectivity index (χ0v) is 15.4. The first-order valence-electron chi connectivity index (χ1n) is 8.65. The lowest BCUT2D eigenvalue weighted by molar-refractivity contribution is -0.147. The lowest BCUT2D eigenvalue weighted by Crippen LogP contribution is -2.25. The van der Waals surface area contributed by atoms with Gasteiger partial charge in [-0.3, -0.25) is 0 Å². The van der Waals surface area contributed by atoms with E-state index in [0.717, 1.165) is 12.6 Å². The Kier molecular flexibility index (Phi) is 5.46. The van der Waals surface area contributed by atoms with E-state index in [1.165, 1.54) is 12.1 Å². The number of alkyl halides is 9. The SMILES string of the molecule is CN(c1ccc2c(c1)CNCC2)c1c(C(F)(F)F)cc(C(F)(F)F)cc1C(F)(F)F. The van der Waals surface area contributed by atoms with Crippen molar-refractivity contribution in [2.45, 2.75) is 31.5 Å². The van der Waals surface area contributed by atoms with Crippen molar-refractivity contribution in [2.24, 2.45) is 0 Å². The van der Waals surface area contributed by atoms with Crippen LogP contribution in [0.2, 0.25) is 0 Å². The van der Waals surface area contributed by atoms with Gasteiger partial charge < -0.3 is 10.2 Å². The molecule has 0 unspecified atom stereocenters. The topological polar surface area (TPSA) is 15.3 Å². The molecule has 0 fully saturated rings. The molecule has 3 rings (SSSR count). The van der Waals surface area contributed by atoms with E-state index >= 15 is 0 Å². The molecule has 0 atom stereocenters. The van der Waals surface area contributed by atoms with Gasteiger partial charge in [-0.2, -0.15) is 39.5 Å². The number of nitrogens with zero attached hydrogens (tertiary/aromatic N) is 1. The smallest absolute Gasteiger partial charge is 0.344 e. The molecular weight excluding hydrogens is 427 g/mol. The number of hydrogen-bond acceptors (Lipinski definition) is 2. The second-order valence-electron chi connectivity index (χ2n) is 6.85. The zero-order valence-electron chi connectivity index (χ0n) is 15.4. The Labute approximate surface area is 165 Å². The minimum Gasteiger partial charge on any atom is -0.344 e. The Morgan fingerprint density at radius 2 is 1.33 bits per heavy atom. The van der Waals surface area contributed by atoms with Crippen molar-refractivity contribution in [3.8, 4) is 0 Å². The number of benzene rings is 2. The third kappa shape index (κ3) is 4.35. The van der Waals surface area contributed by atoms with Gasteiger partial charge in [-0.25, -0.2) is 0 Å². The highest BCUT2D eigenvalue weighted by Crippen LogP contribution is 2.48. The minimum absolute atomic E-state index is 0.00629. The lowest BCUT2D eigenvalue weighted by atomic mass is 9.97. The second-order valence-corrected chi connectivity index (χ2v) is 6.85. The first-order valence-corrected chi connectivity index (χ1v) is 8.65. The van der Waals surface area contributed by atoms with Crippen molar-refractivity contribution in [1.82, 2.24) is 5.32 Å². The molecule has 0 aromatic heterocycles. The summed E-state index contributed by atoms with van der Waals surface area (Å²) in [6.07, 6.45) is -15.6. The van der Waals surface area contributed by atoms with Gasteiger partial charge in [0.15, 0.2) is 0 Å². The maximum atomic E-state index is 13.6. The maximum absolute atomic E-state index is 13.6. The molecule has 2 aromatic carbocycles. The Morgan fingerprint density at radius 1 is 0.767 bits per heavy atom. The maximum Gasteiger partial charge on any atom is 0.418 e. The van der Waals surface area contributed by atoms with Gasteiger partial charge in [0, 0.05) is 19.3 Å². The number of nitrogens with one attached hydrogen (secondary N) is 1. The van der Waals surface area contributed by atoms with E-state index in [1.807, 2.05) is 0 Å². The molecule has 164 valence electrons. The number of fused-ring (bicyclic) bond motifs is 1. The highest BCUT2D eigenvalue weighted by molar-refractivity contribution is 5.72. The van der Waals surface area contributed by atoms with E-state index < -0.39 is 40.9 Å².